The average Bonchev–Trinajstić information content (AvgIpc) is 2.88. The van der Waals surface area contributed by atoms with Gasteiger partial charge in [0.2, 0.25) is 11.7 Å². The number of aromatic nitrogens is 3. The summed E-state index contributed by atoms with van der Waals surface area (Å²) in [6.07, 6.45) is 2.16. The maximum atomic E-state index is 11.8. The molecular weight excluding hydrogens is 254 g/mol. The molecule has 0 spiro atoms. The van der Waals surface area contributed by atoms with Gasteiger partial charge in [0.05, 0.1) is 0 Å². The van der Waals surface area contributed by atoms with E-state index in [1.54, 1.807) is 0 Å². The number of amides is 1. The molecule has 0 radical (unpaired) electrons. The zero-order valence-corrected chi connectivity index (χ0v) is 11.2. The predicted octanol–water partition coefficient (Wildman–Crippen LogP) is 0.817. The second-order valence-electron chi connectivity index (χ2n) is 4.42. The van der Waals surface area contributed by atoms with E-state index in [0.29, 0.717) is 6.54 Å². The molecule has 0 atom stereocenters. The second-order valence-corrected chi connectivity index (χ2v) is 4.42. The van der Waals surface area contributed by atoms with Crippen molar-refractivity contribution < 1.29 is 4.79 Å². The summed E-state index contributed by atoms with van der Waals surface area (Å²) in [5.41, 5.74) is 2.43. The highest BCUT2D eigenvalue weighted by Gasteiger charge is 2.07. The number of nitriles is 1. The van der Waals surface area contributed by atoms with Crippen molar-refractivity contribution in [2.24, 2.45) is 0 Å². The van der Waals surface area contributed by atoms with Crippen LogP contribution in [0.1, 0.15) is 17.0 Å². The number of aryl methyl sites for hydroxylation is 1. The van der Waals surface area contributed by atoms with Gasteiger partial charge in [-0.15, -0.1) is 10.2 Å². The molecule has 20 heavy (non-hydrogen) atoms. The van der Waals surface area contributed by atoms with Gasteiger partial charge in [0.1, 0.15) is 18.9 Å². The van der Waals surface area contributed by atoms with Gasteiger partial charge in [-0.05, 0) is 24.5 Å². The first-order chi connectivity index (χ1) is 9.70. The first-order valence-corrected chi connectivity index (χ1v) is 6.30. The molecule has 0 bridgehead atoms. The fraction of sp³-hybridized carbons (Fsp3) is 0.286. The van der Waals surface area contributed by atoms with Gasteiger partial charge in [-0.2, -0.15) is 5.26 Å². The highest BCUT2D eigenvalue weighted by Crippen LogP contribution is 2.06. The number of hydrogen-bond donors (Lipinski definition) is 1. The molecule has 0 unspecified atom stereocenters. The zero-order valence-electron chi connectivity index (χ0n) is 11.2. The minimum Gasteiger partial charge on any atom is -0.354 e. The van der Waals surface area contributed by atoms with Crippen molar-refractivity contribution in [1.29, 1.82) is 5.26 Å². The lowest BCUT2D eigenvalue weighted by molar-refractivity contribution is -0.121. The van der Waals surface area contributed by atoms with Crippen molar-refractivity contribution in [2.75, 3.05) is 6.54 Å². The Balaban J connectivity index is 1.82. The number of nitrogens with one attached hydrogen (secondary N) is 1. The fourth-order valence-corrected chi connectivity index (χ4v) is 1.90. The molecule has 102 valence electrons. The number of benzene rings is 1. The van der Waals surface area contributed by atoms with E-state index in [0.717, 1.165) is 6.42 Å². The Morgan fingerprint density at radius 3 is 3.00 bits per heavy atom. The molecule has 1 N–H and O–H groups in total. The molecule has 0 fully saturated rings. The first-order valence-electron chi connectivity index (χ1n) is 6.30. The smallest absolute Gasteiger partial charge is 0.240 e. The van der Waals surface area contributed by atoms with E-state index in [4.69, 9.17) is 5.26 Å². The normalized spacial score (nSPS) is 10.0. The SMILES string of the molecule is Cc1ccccc1CCNC(=O)Cn1cnnc1C#N. The van der Waals surface area contributed by atoms with Crippen LogP contribution in [0.25, 0.3) is 0 Å². The van der Waals surface area contributed by atoms with Crippen molar-refractivity contribution in [3.8, 4) is 6.07 Å². The van der Waals surface area contributed by atoms with Crippen LogP contribution in [0.3, 0.4) is 0 Å². The molecule has 0 saturated carbocycles. The molecule has 0 aliphatic rings. The van der Waals surface area contributed by atoms with E-state index in [-0.39, 0.29) is 18.3 Å². The lowest BCUT2D eigenvalue weighted by atomic mass is 10.1. The van der Waals surface area contributed by atoms with Crippen LogP contribution < -0.4 is 5.32 Å². The summed E-state index contributed by atoms with van der Waals surface area (Å²) in [6, 6.07) is 9.96. The quantitative estimate of drug-likeness (QED) is 0.871. The van der Waals surface area contributed by atoms with Gasteiger partial charge < -0.3 is 5.32 Å². The maximum absolute atomic E-state index is 11.8. The van der Waals surface area contributed by atoms with Gasteiger partial charge >= 0.3 is 0 Å². The summed E-state index contributed by atoms with van der Waals surface area (Å²) in [5, 5.41) is 18.8. The van der Waals surface area contributed by atoms with Crippen molar-refractivity contribution in [3.05, 3.63) is 47.5 Å². The van der Waals surface area contributed by atoms with Crippen molar-refractivity contribution in [2.45, 2.75) is 19.9 Å². The molecule has 1 amide bonds. The lowest BCUT2D eigenvalue weighted by Crippen LogP contribution is -2.29. The first kappa shape index (κ1) is 13.7. The minimum absolute atomic E-state index is 0.0592. The summed E-state index contributed by atoms with van der Waals surface area (Å²) in [7, 11) is 0. The third kappa shape index (κ3) is 3.42. The van der Waals surface area contributed by atoms with Crippen LogP contribution in [0.4, 0.5) is 0 Å². The number of hydrogen-bond acceptors (Lipinski definition) is 4. The van der Waals surface area contributed by atoms with Gasteiger partial charge in [0, 0.05) is 6.54 Å². The topological polar surface area (TPSA) is 83.6 Å². The number of rotatable bonds is 5. The minimum atomic E-state index is -0.158. The van der Waals surface area contributed by atoms with Gasteiger partial charge in [-0.3, -0.25) is 9.36 Å². The zero-order chi connectivity index (χ0) is 14.4. The molecule has 2 aromatic rings. The Kier molecular flexibility index (Phi) is 4.45. The predicted molar refractivity (Wildman–Crippen MR) is 72.6 cm³/mol. The van der Waals surface area contributed by atoms with E-state index in [2.05, 4.69) is 21.6 Å². The van der Waals surface area contributed by atoms with Crippen LogP contribution in [0, 0.1) is 18.3 Å². The highest BCUT2D eigenvalue weighted by molar-refractivity contribution is 5.75. The number of carbonyl (C=O) groups is 1. The summed E-state index contributed by atoms with van der Waals surface area (Å²) >= 11 is 0. The third-order valence-electron chi connectivity index (χ3n) is 3.01. The second kappa shape index (κ2) is 6.48. The number of carbonyl (C=O) groups excluding carboxylic acids is 1. The summed E-state index contributed by atoms with van der Waals surface area (Å²) < 4.78 is 1.42. The Morgan fingerprint density at radius 1 is 1.45 bits per heavy atom. The van der Waals surface area contributed by atoms with Crippen molar-refractivity contribution in [1.82, 2.24) is 20.1 Å². The van der Waals surface area contributed by atoms with Gasteiger partial charge in [-0.1, -0.05) is 24.3 Å². The monoisotopic (exact) mass is 269 g/mol. The molecule has 0 aliphatic heterocycles. The van der Waals surface area contributed by atoms with Crippen molar-refractivity contribution >= 4 is 5.91 Å². The molecule has 2 rings (SSSR count). The molecule has 1 aromatic carbocycles. The Labute approximate surface area is 117 Å². The Morgan fingerprint density at radius 2 is 2.25 bits per heavy atom. The molecule has 6 nitrogen and oxygen atoms in total. The van der Waals surface area contributed by atoms with E-state index < -0.39 is 0 Å². The summed E-state index contributed by atoms with van der Waals surface area (Å²) in [4.78, 5) is 11.8. The van der Waals surface area contributed by atoms with Crippen LogP contribution in [0.2, 0.25) is 0 Å². The third-order valence-corrected chi connectivity index (χ3v) is 3.01. The van der Waals surface area contributed by atoms with E-state index >= 15 is 0 Å². The van der Waals surface area contributed by atoms with Gasteiger partial charge in [0.15, 0.2) is 0 Å². The van der Waals surface area contributed by atoms with Crippen LogP contribution in [-0.2, 0) is 17.8 Å². The van der Waals surface area contributed by atoms with E-state index in [9.17, 15) is 4.79 Å². The average molecular weight is 269 g/mol. The standard InChI is InChI=1S/C14H15N5O/c1-11-4-2-3-5-12(11)6-7-16-14(20)9-19-10-17-18-13(19)8-15/h2-5,10H,6-7,9H2,1H3,(H,16,20). The Bertz CT molecular complexity index is 641. The van der Waals surface area contributed by atoms with E-state index in [1.165, 1.54) is 22.0 Å². The van der Waals surface area contributed by atoms with Crippen LogP contribution in [-0.4, -0.2) is 27.2 Å². The Hall–Kier alpha value is -2.68. The van der Waals surface area contributed by atoms with Crippen LogP contribution in [0.15, 0.2) is 30.6 Å². The van der Waals surface area contributed by atoms with Gasteiger partial charge in [0.25, 0.3) is 0 Å². The van der Waals surface area contributed by atoms with Crippen LogP contribution >= 0.6 is 0 Å². The largest absolute Gasteiger partial charge is 0.354 e. The maximum Gasteiger partial charge on any atom is 0.240 e. The highest BCUT2D eigenvalue weighted by atomic mass is 16.1. The fourth-order valence-electron chi connectivity index (χ4n) is 1.90. The van der Waals surface area contributed by atoms with Gasteiger partial charge in [-0.25, -0.2) is 0 Å². The lowest BCUT2D eigenvalue weighted by Gasteiger charge is -2.07. The van der Waals surface area contributed by atoms with E-state index in [1.807, 2.05) is 31.2 Å². The number of nitrogens with zero attached hydrogens (tertiary/aromatic N) is 4. The molecular formula is C14H15N5O. The summed E-state index contributed by atoms with van der Waals surface area (Å²) in [5.74, 6) is -0.0195. The van der Waals surface area contributed by atoms with Crippen LogP contribution in [0.5, 0.6) is 0 Å². The molecule has 0 aliphatic carbocycles. The molecule has 1 aromatic heterocycles. The molecule has 1 heterocycles. The van der Waals surface area contributed by atoms with Crippen molar-refractivity contribution in [3.63, 3.8) is 0 Å². The molecule has 6 heteroatoms. The summed E-state index contributed by atoms with van der Waals surface area (Å²) in [6.45, 7) is 2.67. The molecule has 0 saturated heterocycles.